The second-order valence-corrected chi connectivity index (χ2v) is 28.7. The van der Waals surface area contributed by atoms with Crippen molar-refractivity contribution in [1.29, 1.82) is 0 Å². The second-order valence-electron chi connectivity index (χ2n) is 28.7. The van der Waals surface area contributed by atoms with Gasteiger partial charge in [0.2, 0.25) is 29.5 Å². The Morgan fingerprint density at radius 1 is 0.602 bits per heavy atom. The average Bonchev–Trinajstić information content (AvgIpc) is 1.45. The van der Waals surface area contributed by atoms with Gasteiger partial charge < -0.3 is 46.4 Å². The summed E-state index contributed by atoms with van der Waals surface area (Å²) in [5, 5.41) is 26.4. The van der Waals surface area contributed by atoms with Gasteiger partial charge in [-0.2, -0.15) is 10.2 Å². The molecule has 2 aromatic heterocycles. The van der Waals surface area contributed by atoms with Gasteiger partial charge in [0, 0.05) is 114 Å². The number of ether oxygens (including phenoxy) is 1. The number of carbonyl (C=O) groups is 8. The molecule has 0 spiro atoms. The molecule has 2 aromatic carbocycles. The number of nitrogens with zero attached hydrogens (tertiary/aromatic N) is 9. The van der Waals surface area contributed by atoms with E-state index in [1.807, 2.05) is 27.8 Å². The van der Waals surface area contributed by atoms with Crippen molar-refractivity contribution in [3.8, 4) is 0 Å². The first-order valence-electron chi connectivity index (χ1n) is 35.7. The van der Waals surface area contributed by atoms with Crippen molar-refractivity contribution in [2.75, 3.05) is 77.7 Å². The maximum atomic E-state index is 16.6. The van der Waals surface area contributed by atoms with Crippen LogP contribution in [0.5, 0.6) is 0 Å². The third-order valence-corrected chi connectivity index (χ3v) is 21.8. The predicted molar refractivity (Wildman–Crippen MR) is 367 cm³/mol. The number of anilines is 2. The van der Waals surface area contributed by atoms with Crippen LogP contribution in [0.15, 0.2) is 60.9 Å². The molecule has 2 aliphatic heterocycles. The van der Waals surface area contributed by atoms with Crippen LogP contribution in [0.3, 0.4) is 0 Å². The largest absolute Gasteiger partial charge is 0.450 e. The van der Waals surface area contributed by atoms with Crippen molar-refractivity contribution in [3.05, 3.63) is 95.1 Å². The lowest BCUT2D eigenvalue weighted by atomic mass is 9.88. The van der Waals surface area contributed by atoms with Crippen LogP contribution < -0.4 is 31.9 Å². The molecule has 4 aliphatic carbocycles. The highest BCUT2D eigenvalue weighted by Crippen LogP contribution is 2.52. The molecule has 10 atom stereocenters. The van der Waals surface area contributed by atoms with Crippen LogP contribution in [0, 0.1) is 47.1 Å². The zero-order valence-corrected chi connectivity index (χ0v) is 58.9. The highest BCUT2D eigenvalue weighted by Gasteiger charge is 2.50. The smallest absolute Gasteiger partial charge is 0.410 e. The number of aryl methyl sites for hydroxylation is 2. The number of hydrogen-bond donors (Lipinski definition) is 6. The van der Waals surface area contributed by atoms with Gasteiger partial charge in [0.1, 0.15) is 47.2 Å². The van der Waals surface area contributed by atoms with E-state index in [2.05, 4.69) is 77.7 Å². The summed E-state index contributed by atoms with van der Waals surface area (Å²) in [7, 11) is 5.44. The molecular formula is C72H103F2N15O9. The maximum absolute atomic E-state index is 16.6. The number of benzene rings is 2. The monoisotopic (exact) mass is 1360 g/mol. The molecule has 98 heavy (non-hydrogen) atoms. The number of piperazine rings is 2. The second kappa shape index (κ2) is 32.0. The minimum atomic E-state index is -1.28. The Balaban J connectivity index is 0.828. The van der Waals surface area contributed by atoms with Crippen molar-refractivity contribution in [2.45, 2.75) is 193 Å². The first-order valence-corrected chi connectivity index (χ1v) is 35.7. The fourth-order valence-corrected chi connectivity index (χ4v) is 14.8. The first kappa shape index (κ1) is 72.9. The number of halogens is 2. The number of likely N-dealkylation sites (N-methyl/N-ethyl adjacent to an activating group) is 3. The zero-order chi connectivity index (χ0) is 70.4. The van der Waals surface area contributed by atoms with E-state index < -0.39 is 95.2 Å². The van der Waals surface area contributed by atoms with Gasteiger partial charge in [-0.05, 0) is 196 Å². The Bertz CT molecular complexity index is 3490. The predicted octanol–water partition coefficient (Wildman–Crippen LogP) is 7.05. The van der Waals surface area contributed by atoms with Crippen molar-refractivity contribution >= 4 is 58.8 Å². The summed E-state index contributed by atoms with van der Waals surface area (Å²) in [6.07, 6.45) is 10.4. The Labute approximate surface area is 574 Å². The van der Waals surface area contributed by atoms with Crippen molar-refractivity contribution in [3.63, 3.8) is 0 Å². The van der Waals surface area contributed by atoms with Gasteiger partial charge in [-0.25, -0.2) is 13.6 Å². The molecule has 0 bridgehead atoms. The number of hydrogen-bond acceptors (Lipinski definition) is 14. The number of aromatic nitrogens is 4. The standard InChI is InChI=1S/C72H103F2N15O9/c1-12-88-58(29-31-75-88)67(92)81-64(61(46-15-16-46)47-17-18-47)69(94)78-55-26-23-50(35-53(55)73)43(6)57(40-87-38-41(4)84(10)37-42(87)5)77-60(90)28-25-52-39-86(34-33-83(52)9)71(96)63(80-66(91)45(8)85(11)72(97)98-14-3)44(7)51-24-27-56(54(74)36-51)79-70(95)65(62(48-19-20-48)49-21-22-49)82-68(93)59-30-32-76-89(59)13-2/h23-24,26-27,29-32,35-36,41-49,52,57,61-65H,12-22,25,28,33-34,37-40H2,1-11H3,(H,77,90)(H,78,94)(H,79,95)(H,80,91)(H,81,92)(H,82,93)/t41-,42-,43+,44+,45+,52?,57+,63-,64+,65+/m1/s1. The fraction of sp³-hybridized carbons (Fsp3) is 0.639. The summed E-state index contributed by atoms with van der Waals surface area (Å²) in [5.41, 5.74) is 1.48. The molecule has 1 unspecified atom stereocenters. The number of amides is 8. The average molecular weight is 1360 g/mol. The fourth-order valence-electron chi connectivity index (χ4n) is 14.8. The van der Waals surface area contributed by atoms with Gasteiger partial charge in [-0.1, -0.05) is 26.0 Å². The molecule has 534 valence electrons. The van der Waals surface area contributed by atoms with Crippen molar-refractivity contribution in [1.82, 2.24) is 65.3 Å². The van der Waals surface area contributed by atoms with E-state index in [-0.39, 0.29) is 85.2 Å². The van der Waals surface area contributed by atoms with E-state index in [4.69, 9.17) is 4.74 Å². The Morgan fingerprint density at radius 2 is 1.10 bits per heavy atom. The SMILES string of the molecule is CCOC(=O)N(C)[C@@H](C)C(=O)N[C@@H](C(=O)N1CCN(C)C(CCC(=O)N[C@@H](CN2C[C@@H](C)N(C)C[C@H]2C)[C@@H](C)c2ccc(NC(=O)[C@@H](NC(=O)c3ccnn3CC)C(C3CC3)C3CC3)c(F)c2)C1)[C@@H](C)c1ccc(NC(=O)[C@@H](NC(=O)c2ccnn2CC)C(C2CC2)C2CC2)c(F)c1. The van der Waals surface area contributed by atoms with E-state index in [9.17, 15) is 33.6 Å². The van der Waals surface area contributed by atoms with E-state index in [1.54, 1.807) is 64.6 Å². The van der Waals surface area contributed by atoms with Gasteiger partial charge >= 0.3 is 6.09 Å². The van der Waals surface area contributed by atoms with E-state index >= 15 is 13.6 Å². The summed E-state index contributed by atoms with van der Waals surface area (Å²) < 4.78 is 41.6. The minimum absolute atomic E-state index is 0.0124. The van der Waals surface area contributed by atoms with Gasteiger partial charge in [-0.15, -0.1) is 0 Å². The van der Waals surface area contributed by atoms with Gasteiger partial charge in [0.25, 0.3) is 11.8 Å². The molecular weight excluding hydrogens is 1260 g/mol. The Kier molecular flexibility index (Phi) is 23.8. The number of carbonyl (C=O) groups excluding carboxylic acids is 8. The normalized spacial score (nSPS) is 21.5. The third kappa shape index (κ3) is 17.6. The van der Waals surface area contributed by atoms with Gasteiger partial charge in [0.05, 0.1) is 18.0 Å². The molecule has 4 aromatic rings. The van der Waals surface area contributed by atoms with Crippen LogP contribution in [-0.4, -0.2) is 207 Å². The van der Waals surface area contributed by atoms with Crippen LogP contribution >= 0.6 is 0 Å². The molecule has 6 fully saturated rings. The lowest BCUT2D eigenvalue weighted by molar-refractivity contribution is -0.140. The molecule has 4 saturated carbocycles. The molecule has 8 amide bonds. The summed E-state index contributed by atoms with van der Waals surface area (Å²) in [6, 6.07) is 7.61. The highest BCUT2D eigenvalue weighted by molar-refractivity contribution is 6.02. The molecule has 10 rings (SSSR count). The lowest BCUT2D eigenvalue weighted by Crippen LogP contribution is -2.60. The summed E-state index contributed by atoms with van der Waals surface area (Å²) >= 11 is 0. The first-order chi connectivity index (χ1) is 46.9. The van der Waals surface area contributed by atoms with E-state index in [1.165, 1.54) is 38.4 Å². The van der Waals surface area contributed by atoms with Crippen molar-refractivity contribution in [2.24, 2.45) is 35.5 Å². The van der Waals surface area contributed by atoms with Crippen LogP contribution in [-0.2, 0) is 41.8 Å². The molecule has 2 saturated heterocycles. The minimum Gasteiger partial charge on any atom is -0.450 e. The van der Waals surface area contributed by atoms with Gasteiger partial charge in [-0.3, -0.25) is 57.6 Å². The summed E-state index contributed by atoms with van der Waals surface area (Å²) in [5.74, 6) is -5.05. The molecule has 24 nitrogen and oxygen atoms in total. The van der Waals surface area contributed by atoms with Gasteiger partial charge in [0.15, 0.2) is 0 Å². The lowest BCUT2D eigenvalue weighted by Gasteiger charge is -2.44. The third-order valence-electron chi connectivity index (χ3n) is 21.8. The molecule has 26 heteroatoms. The van der Waals surface area contributed by atoms with Crippen molar-refractivity contribution < 1.29 is 51.9 Å². The Morgan fingerprint density at radius 3 is 1.57 bits per heavy atom. The van der Waals surface area contributed by atoms with Crippen LogP contribution in [0.25, 0.3) is 0 Å². The zero-order valence-electron chi connectivity index (χ0n) is 58.9. The van der Waals surface area contributed by atoms with E-state index in [0.29, 0.717) is 67.0 Å². The number of rotatable bonds is 31. The van der Waals surface area contributed by atoms with Crippen LogP contribution in [0.2, 0.25) is 0 Å². The van der Waals surface area contributed by atoms with E-state index in [0.717, 1.165) is 69.4 Å². The maximum Gasteiger partial charge on any atom is 0.410 e. The highest BCUT2D eigenvalue weighted by atomic mass is 19.1. The van der Waals surface area contributed by atoms with Crippen LogP contribution in [0.4, 0.5) is 25.0 Å². The Hall–Kier alpha value is -7.84. The molecule has 0 radical (unpaired) electrons. The molecule has 6 N–H and O–H groups in total. The summed E-state index contributed by atoms with van der Waals surface area (Å²) in [6.45, 7) is 18.8. The molecule has 4 heterocycles. The quantitative estimate of drug-likeness (QED) is 0.0295. The molecule has 6 aliphatic rings. The summed E-state index contributed by atoms with van der Waals surface area (Å²) in [4.78, 5) is 122. The number of nitrogens with one attached hydrogen (secondary N) is 6. The van der Waals surface area contributed by atoms with Crippen LogP contribution in [0.1, 0.15) is 164 Å². The topological polar surface area (TPSA) is 270 Å².